The lowest BCUT2D eigenvalue weighted by atomic mass is 10.1. The molecule has 196 valence electrons. The number of carbonyl (C=O) groups is 4. The minimum absolute atomic E-state index is 0.0968. The number of methoxy groups -OCH3 is 1. The minimum atomic E-state index is -1.22. The Morgan fingerprint density at radius 1 is 1.03 bits per heavy atom. The molecule has 2 atom stereocenters. The Balaban J connectivity index is 1.25. The van der Waals surface area contributed by atoms with Gasteiger partial charge in [0.2, 0.25) is 5.91 Å². The molecular weight excluding hydrogens is 528 g/mol. The molecule has 5 rings (SSSR count). The number of aromatic nitrogens is 1. The molecule has 0 bridgehead atoms. The second-order valence-electron chi connectivity index (χ2n) is 8.86. The van der Waals surface area contributed by atoms with Crippen molar-refractivity contribution in [2.24, 2.45) is 0 Å². The van der Waals surface area contributed by atoms with Crippen molar-refractivity contribution in [3.8, 4) is 11.3 Å². The van der Waals surface area contributed by atoms with E-state index in [1.165, 1.54) is 30.2 Å². The van der Waals surface area contributed by atoms with Gasteiger partial charge in [-0.1, -0.05) is 24.3 Å². The molecule has 3 N–H and O–H groups in total. The highest BCUT2D eigenvalue weighted by Gasteiger charge is 2.42. The zero-order valence-corrected chi connectivity index (χ0v) is 21.9. The van der Waals surface area contributed by atoms with Crippen LogP contribution in [0.15, 0.2) is 53.9 Å². The third kappa shape index (κ3) is 5.50. The number of ether oxygens (including phenoxy) is 1. The SMILES string of the molecule is COC(=O)c1ccc(C2SCC(C(=O)Nc3nc(-c4ccc(C(=O)NC5CC5)cc4)cs3)N2C(=O)O)cc1. The quantitative estimate of drug-likeness (QED) is 0.371. The number of anilines is 1. The first-order valence-corrected chi connectivity index (χ1v) is 13.8. The van der Waals surface area contributed by atoms with E-state index in [4.69, 9.17) is 4.74 Å². The maximum absolute atomic E-state index is 13.1. The van der Waals surface area contributed by atoms with Crippen molar-refractivity contribution in [2.45, 2.75) is 30.3 Å². The van der Waals surface area contributed by atoms with Crippen LogP contribution in [0.2, 0.25) is 0 Å². The Hall–Kier alpha value is -3.90. The highest BCUT2D eigenvalue weighted by Crippen LogP contribution is 2.42. The number of benzene rings is 2. The van der Waals surface area contributed by atoms with Gasteiger partial charge in [-0.15, -0.1) is 23.1 Å². The first kappa shape index (κ1) is 25.7. The van der Waals surface area contributed by atoms with Crippen LogP contribution in [0.5, 0.6) is 0 Å². The number of hydrogen-bond acceptors (Lipinski definition) is 8. The van der Waals surface area contributed by atoms with Crippen molar-refractivity contribution in [1.29, 1.82) is 0 Å². The fraction of sp³-hybridized carbons (Fsp3) is 0.269. The van der Waals surface area contributed by atoms with Gasteiger partial charge in [-0.05, 0) is 42.7 Å². The highest BCUT2D eigenvalue weighted by atomic mass is 32.2. The summed E-state index contributed by atoms with van der Waals surface area (Å²) in [6.45, 7) is 0. The van der Waals surface area contributed by atoms with Crippen LogP contribution in [-0.2, 0) is 9.53 Å². The van der Waals surface area contributed by atoms with E-state index in [-0.39, 0.29) is 17.7 Å². The molecule has 2 fully saturated rings. The number of esters is 1. The van der Waals surface area contributed by atoms with Gasteiger partial charge in [0, 0.05) is 28.3 Å². The normalized spacial score (nSPS) is 18.6. The van der Waals surface area contributed by atoms with Gasteiger partial charge in [0.05, 0.1) is 18.4 Å². The molecule has 1 aromatic heterocycles. The molecule has 3 amide bonds. The number of amides is 3. The summed E-state index contributed by atoms with van der Waals surface area (Å²) in [6.07, 6.45) is 0.820. The van der Waals surface area contributed by atoms with Gasteiger partial charge in [-0.3, -0.25) is 14.5 Å². The number of nitrogens with one attached hydrogen (secondary N) is 2. The number of carboxylic acid groups (broad SMARTS) is 1. The largest absolute Gasteiger partial charge is 0.465 e. The summed E-state index contributed by atoms with van der Waals surface area (Å²) in [5.74, 6) is -0.785. The van der Waals surface area contributed by atoms with Crippen LogP contribution in [-0.4, -0.2) is 63.8 Å². The monoisotopic (exact) mass is 552 g/mol. The highest BCUT2D eigenvalue weighted by molar-refractivity contribution is 7.99. The van der Waals surface area contributed by atoms with Crippen LogP contribution in [0.25, 0.3) is 11.3 Å². The van der Waals surface area contributed by atoms with Crippen LogP contribution in [0.1, 0.15) is 44.5 Å². The molecule has 12 heteroatoms. The number of thiazole rings is 1. The molecule has 3 aromatic rings. The summed E-state index contributed by atoms with van der Waals surface area (Å²) in [7, 11) is 1.29. The molecule has 0 spiro atoms. The third-order valence-electron chi connectivity index (χ3n) is 6.23. The molecule has 1 saturated carbocycles. The summed E-state index contributed by atoms with van der Waals surface area (Å²) in [4.78, 5) is 54.7. The van der Waals surface area contributed by atoms with E-state index in [2.05, 4.69) is 15.6 Å². The average Bonchev–Trinajstić information content (AvgIpc) is 3.43. The van der Waals surface area contributed by atoms with Crippen molar-refractivity contribution in [3.63, 3.8) is 0 Å². The molecule has 2 aliphatic rings. The molecule has 38 heavy (non-hydrogen) atoms. The fourth-order valence-corrected chi connectivity index (χ4v) is 6.19. The standard InChI is InChI=1S/C26H24N4O6S2/c1-36-24(33)17-8-6-16(7-9-17)23-30(26(34)35)20(13-37-23)22(32)29-25-28-19(12-38-25)14-2-4-15(5-3-14)21(31)27-18-10-11-18/h2-9,12,18,20,23H,10-11,13H2,1H3,(H,27,31)(H,34,35)(H,28,29,32). The Kier molecular flexibility index (Phi) is 7.34. The van der Waals surface area contributed by atoms with Gasteiger partial charge in [0.25, 0.3) is 5.91 Å². The lowest BCUT2D eigenvalue weighted by molar-refractivity contribution is -0.119. The second kappa shape index (κ2) is 10.8. The van der Waals surface area contributed by atoms with Gasteiger partial charge < -0.3 is 20.5 Å². The fourth-order valence-electron chi connectivity index (χ4n) is 4.04. The van der Waals surface area contributed by atoms with Crippen molar-refractivity contribution in [3.05, 3.63) is 70.6 Å². The van der Waals surface area contributed by atoms with Crippen LogP contribution in [0, 0.1) is 0 Å². The van der Waals surface area contributed by atoms with E-state index >= 15 is 0 Å². The summed E-state index contributed by atoms with van der Waals surface area (Å²) in [5.41, 5.74) is 3.02. The Morgan fingerprint density at radius 2 is 1.71 bits per heavy atom. The van der Waals surface area contributed by atoms with Gasteiger partial charge in [0.15, 0.2) is 5.13 Å². The number of nitrogens with zero attached hydrogens (tertiary/aromatic N) is 2. The predicted octanol–water partition coefficient (Wildman–Crippen LogP) is 4.22. The lowest BCUT2D eigenvalue weighted by Crippen LogP contribution is -2.44. The molecule has 10 nitrogen and oxygen atoms in total. The van der Waals surface area contributed by atoms with Gasteiger partial charge in [-0.25, -0.2) is 14.6 Å². The first-order chi connectivity index (χ1) is 18.3. The Bertz CT molecular complexity index is 1370. The second-order valence-corrected chi connectivity index (χ2v) is 10.8. The molecule has 1 saturated heterocycles. The molecule has 1 aliphatic heterocycles. The predicted molar refractivity (Wildman–Crippen MR) is 143 cm³/mol. The van der Waals surface area contributed by atoms with E-state index < -0.39 is 29.4 Å². The first-order valence-electron chi connectivity index (χ1n) is 11.8. The van der Waals surface area contributed by atoms with Gasteiger partial charge >= 0.3 is 12.1 Å². The van der Waals surface area contributed by atoms with E-state index in [1.807, 2.05) is 0 Å². The van der Waals surface area contributed by atoms with Crippen LogP contribution >= 0.6 is 23.1 Å². The number of rotatable bonds is 7. The molecular formula is C26H24N4O6S2. The zero-order valence-electron chi connectivity index (χ0n) is 20.2. The van der Waals surface area contributed by atoms with Gasteiger partial charge in [-0.2, -0.15) is 0 Å². The van der Waals surface area contributed by atoms with E-state index in [0.29, 0.717) is 27.5 Å². The van der Waals surface area contributed by atoms with E-state index in [0.717, 1.165) is 23.3 Å². The topological polar surface area (TPSA) is 138 Å². The smallest absolute Gasteiger partial charge is 0.409 e. The maximum atomic E-state index is 13.1. The number of thioether (sulfide) groups is 1. The van der Waals surface area contributed by atoms with E-state index in [1.54, 1.807) is 53.9 Å². The average molecular weight is 553 g/mol. The summed E-state index contributed by atoms with van der Waals surface area (Å²) < 4.78 is 4.70. The zero-order chi connectivity index (χ0) is 26.8. The van der Waals surface area contributed by atoms with Crippen molar-refractivity contribution in [1.82, 2.24) is 15.2 Å². The van der Waals surface area contributed by atoms with Crippen LogP contribution < -0.4 is 10.6 Å². The molecule has 2 aromatic carbocycles. The Labute approximate surface area is 226 Å². The third-order valence-corrected chi connectivity index (χ3v) is 8.31. The molecule has 2 heterocycles. The van der Waals surface area contributed by atoms with Crippen molar-refractivity contribution < 1.29 is 29.0 Å². The van der Waals surface area contributed by atoms with Gasteiger partial charge in [0.1, 0.15) is 11.4 Å². The van der Waals surface area contributed by atoms with Crippen LogP contribution in [0.3, 0.4) is 0 Å². The summed E-state index contributed by atoms with van der Waals surface area (Å²) in [5, 5.41) is 17.1. The summed E-state index contributed by atoms with van der Waals surface area (Å²) in [6, 6.07) is 12.9. The molecule has 2 unspecified atom stereocenters. The maximum Gasteiger partial charge on any atom is 0.409 e. The molecule has 0 radical (unpaired) electrons. The minimum Gasteiger partial charge on any atom is -0.465 e. The summed E-state index contributed by atoms with van der Waals surface area (Å²) >= 11 is 2.56. The Morgan fingerprint density at radius 3 is 2.34 bits per heavy atom. The number of hydrogen-bond donors (Lipinski definition) is 3. The van der Waals surface area contributed by atoms with Crippen molar-refractivity contribution >= 4 is 52.1 Å². The lowest BCUT2D eigenvalue weighted by Gasteiger charge is -2.25. The van der Waals surface area contributed by atoms with Crippen LogP contribution in [0.4, 0.5) is 9.93 Å². The molecule has 1 aliphatic carbocycles. The number of carbonyl (C=O) groups excluding carboxylic acids is 3. The van der Waals surface area contributed by atoms with Crippen molar-refractivity contribution in [2.75, 3.05) is 18.2 Å². The van der Waals surface area contributed by atoms with E-state index in [9.17, 15) is 24.3 Å².